The molecule has 0 unspecified atom stereocenters. The van der Waals surface area contributed by atoms with Crippen LogP contribution in [0, 0.1) is 0 Å². The summed E-state index contributed by atoms with van der Waals surface area (Å²) in [6, 6.07) is 23.8. The van der Waals surface area contributed by atoms with Gasteiger partial charge in [0, 0.05) is 0 Å². The zero-order chi connectivity index (χ0) is 21.0. The van der Waals surface area contributed by atoms with Crippen molar-refractivity contribution >= 4 is 80.4 Å². The zero-order valence-corrected chi connectivity index (χ0v) is 20.8. The van der Waals surface area contributed by atoms with Crippen LogP contribution in [0.1, 0.15) is 0 Å². The summed E-state index contributed by atoms with van der Waals surface area (Å²) in [6.07, 6.45) is 0. The van der Waals surface area contributed by atoms with E-state index in [-0.39, 0.29) is 0 Å². The SMILES string of the molecule is C[Si](C)(C)c1cc2c3cc4cccc5c([Si](C)(C)C)cc(c3cc3cccc1c32)c45. The average Bonchev–Trinajstić information content (AvgIpc) is 3.25. The minimum atomic E-state index is -1.43. The third kappa shape index (κ3) is 2.32. The summed E-state index contributed by atoms with van der Waals surface area (Å²) in [4.78, 5) is 0. The monoisotopic (exact) mass is 420 g/mol. The predicted molar refractivity (Wildman–Crippen MR) is 142 cm³/mol. The molecule has 0 bridgehead atoms. The van der Waals surface area contributed by atoms with Crippen molar-refractivity contribution in [2.75, 3.05) is 0 Å². The maximum absolute atomic E-state index is 2.53. The Morgan fingerprint density at radius 1 is 0.433 bits per heavy atom. The van der Waals surface area contributed by atoms with Crippen molar-refractivity contribution in [2.24, 2.45) is 0 Å². The van der Waals surface area contributed by atoms with Crippen molar-refractivity contribution in [3.8, 4) is 0 Å². The summed E-state index contributed by atoms with van der Waals surface area (Å²) in [7, 11) is -2.86. The Balaban J connectivity index is 1.89. The Morgan fingerprint density at radius 2 is 0.833 bits per heavy atom. The van der Waals surface area contributed by atoms with Gasteiger partial charge in [0.25, 0.3) is 0 Å². The van der Waals surface area contributed by atoms with Crippen molar-refractivity contribution in [2.45, 2.75) is 39.3 Å². The van der Waals surface area contributed by atoms with Gasteiger partial charge in [0.2, 0.25) is 0 Å². The van der Waals surface area contributed by atoms with Crippen LogP contribution in [-0.2, 0) is 0 Å². The van der Waals surface area contributed by atoms with E-state index in [1.165, 1.54) is 53.9 Å². The van der Waals surface area contributed by atoms with Crippen LogP contribution in [0.3, 0.4) is 0 Å². The molecule has 6 rings (SSSR count). The van der Waals surface area contributed by atoms with Gasteiger partial charge in [-0.1, -0.05) is 98.2 Å². The van der Waals surface area contributed by atoms with E-state index in [0.717, 1.165) is 0 Å². The summed E-state index contributed by atoms with van der Waals surface area (Å²) in [6.45, 7) is 14.8. The van der Waals surface area contributed by atoms with Crippen molar-refractivity contribution in [1.29, 1.82) is 0 Å². The quantitative estimate of drug-likeness (QED) is 0.202. The van der Waals surface area contributed by atoms with Crippen molar-refractivity contribution in [3.05, 3.63) is 60.7 Å². The molecular weight excluding hydrogens is 392 g/mol. The number of hydrogen-bond donors (Lipinski definition) is 0. The lowest BCUT2D eigenvalue weighted by Crippen LogP contribution is -2.36. The molecular formula is C28H28Si2. The molecule has 0 nitrogen and oxygen atoms in total. The van der Waals surface area contributed by atoms with Gasteiger partial charge in [-0.3, -0.25) is 0 Å². The van der Waals surface area contributed by atoms with Crippen molar-refractivity contribution in [3.63, 3.8) is 0 Å². The lowest BCUT2D eigenvalue weighted by molar-refractivity contribution is 1.77. The van der Waals surface area contributed by atoms with Gasteiger partial charge >= 0.3 is 0 Å². The van der Waals surface area contributed by atoms with Gasteiger partial charge in [-0.15, -0.1) is 0 Å². The highest BCUT2D eigenvalue weighted by Gasteiger charge is 2.26. The van der Waals surface area contributed by atoms with Crippen molar-refractivity contribution in [1.82, 2.24) is 0 Å². The predicted octanol–water partition coefficient (Wildman–Crippen LogP) is 7.42. The summed E-state index contributed by atoms with van der Waals surface area (Å²) in [5.74, 6) is 0. The second-order valence-electron chi connectivity index (χ2n) is 11.1. The first-order valence-corrected chi connectivity index (χ1v) is 18.0. The van der Waals surface area contributed by atoms with Crippen LogP contribution in [0.4, 0.5) is 0 Å². The molecule has 0 aliphatic rings. The first-order chi connectivity index (χ1) is 14.1. The summed E-state index contributed by atoms with van der Waals surface area (Å²) in [5.41, 5.74) is 0. The minimum Gasteiger partial charge on any atom is -0.0656 e. The Kier molecular flexibility index (Phi) is 3.44. The van der Waals surface area contributed by atoms with Gasteiger partial charge < -0.3 is 0 Å². The Bertz CT molecular complexity index is 1470. The second-order valence-corrected chi connectivity index (χ2v) is 21.2. The van der Waals surface area contributed by atoms with Gasteiger partial charge in [-0.2, -0.15) is 0 Å². The Labute approximate surface area is 180 Å². The minimum absolute atomic E-state index is 1.39. The maximum atomic E-state index is 2.53. The Hall–Kier alpha value is -2.43. The highest BCUT2D eigenvalue weighted by Crippen LogP contribution is 2.41. The van der Waals surface area contributed by atoms with Crippen molar-refractivity contribution < 1.29 is 0 Å². The largest absolute Gasteiger partial charge is 0.0784 e. The molecule has 0 heterocycles. The smallest absolute Gasteiger partial charge is 0.0656 e. The first-order valence-electron chi connectivity index (χ1n) is 11.0. The van der Waals surface area contributed by atoms with Gasteiger partial charge in [0.15, 0.2) is 0 Å². The average molecular weight is 421 g/mol. The second kappa shape index (κ2) is 5.63. The molecule has 0 aliphatic heterocycles. The summed E-state index contributed by atoms with van der Waals surface area (Å²) < 4.78 is 0. The standard InChI is InChI=1S/C28H28Si2/c1-29(2,3)25-15-23-21-14-18-10-8-12-20-26(30(4,5)6)16-24(28(18)20)22(21)13-17-9-7-11-19(25)27(17)23/h7-16H,1-6H3. The van der Waals surface area contributed by atoms with Crippen LogP contribution in [-0.4, -0.2) is 16.1 Å². The van der Waals surface area contributed by atoms with E-state index >= 15 is 0 Å². The first kappa shape index (κ1) is 18.4. The number of benzene rings is 4. The number of hydrogen-bond acceptors (Lipinski definition) is 0. The lowest BCUT2D eigenvalue weighted by atomic mass is 9.95. The highest BCUT2D eigenvalue weighted by molar-refractivity contribution is 6.91. The van der Waals surface area contributed by atoms with Crippen LogP contribution >= 0.6 is 0 Å². The fourth-order valence-corrected chi connectivity index (χ4v) is 8.78. The molecule has 30 heavy (non-hydrogen) atoms. The van der Waals surface area contributed by atoms with E-state index in [0.29, 0.717) is 0 Å². The maximum Gasteiger partial charge on any atom is 0.0784 e. The third-order valence-corrected chi connectivity index (χ3v) is 11.0. The fraction of sp³-hybridized carbons (Fsp3) is 0.214. The molecule has 0 atom stereocenters. The zero-order valence-electron chi connectivity index (χ0n) is 18.8. The molecule has 0 fully saturated rings. The van der Waals surface area contributed by atoms with Gasteiger partial charge in [0.1, 0.15) is 0 Å². The molecule has 0 amide bonds. The van der Waals surface area contributed by atoms with Gasteiger partial charge in [-0.25, -0.2) is 0 Å². The van der Waals surface area contributed by atoms with E-state index in [2.05, 4.69) is 99.9 Å². The van der Waals surface area contributed by atoms with Crippen LogP contribution in [0.25, 0.3) is 53.9 Å². The van der Waals surface area contributed by atoms with Crippen LogP contribution in [0.2, 0.25) is 39.3 Å². The molecule has 6 aromatic rings. The van der Waals surface area contributed by atoms with E-state index < -0.39 is 16.1 Å². The molecule has 6 aromatic carbocycles. The Morgan fingerprint density at radius 3 is 1.20 bits per heavy atom. The van der Waals surface area contributed by atoms with E-state index in [1.807, 2.05) is 0 Å². The molecule has 148 valence electrons. The van der Waals surface area contributed by atoms with Crippen LogP contribution in [0.5, 0.6) is 0 Å². The number of rotatable bonds is 2. The summed E-state index contributed by atoms with van der Waals surface area (Å²) in [5, 5.41) is 17.6. The van der Waals surface area contributed by atoms with E-state index in [1.54, 1.807) is 10.4 Å². The van der Waals surface area contributed by atoms with Crippen LogP contribution in [0.15, 0.2) is 60.7 Å². The fourth-order valence-electron chi connectivity index (χ4n) is 5.60. The van der Waals surface area contributed by atoms with Crippen LogP contribution < -0.4 is 10.4 Å². The number of fused-ring (bicyclic) bond motifs is 3. The molecule has 2 heteroatoms. The van der Waals surface area contributed by atoms with Gasteiger partial charge in [0.05, 0.1) is 16.1 Å². The lowest BCUT2D eigenvalue weighted by Gasteiger charge is -2.15. The topological polar surface area (TPSA) is 0 Å². The normalized spacial score (nSPS) is 13.7. The molecule has 0 spiro atoms. The molecule has 0 aromatic heterocycles. The molecule has 0 aliphatic carbocycles. The highest BCUT2D eigenvalue weighted by atomic mass is 28.3. The summed E-state index contributed by atoms with van der Waals surface area (Å²) >= 11 is 0. The van der Waals surface area contributed by atoms with E-state index in [9.17, 15) is 0 Å². The molecule has 0 N–H and O–H groups in total. The van der Waals surface area contributed by atoms with E-state index in [4.69, 9.17) is 0 Å². The van der Waals surface area contributed by atoms with Gasteiger partial charge in [-0.05, 0) is 66.0 Å². The third-order valence-electron chi connectivity index (χ3n) is 6.98. The molecule has 0 saturated carbocycles. The molecule has 0 saturated heterocycles. The molecule has 0 radical (unpaired) electrons.